The maximum Gasteiger partial charge on any atom is 0.573 e. The summed E-state index contributed by atoms with van der Waals surface area (Å²) in [4.78, 5) is 10.8. The smallest absolute Gasteiger partial charge is 0.406 e. The van der Waals surface area contributed by atoms with Crippen LogP contribution in [0.3, 0.4) is 0 Å². The molecule has 1 aliphatic rings. The number of nitrogens with one attached hydrogen (secondary N) is 1. The van der Waals surface area contributed by atoms with Crippen molar-refractivity contribution >= 4 is 11.8 Å². The molecular weight excluding hydrogens is 361 g/mol. The van der Waals surface area contributed by atoms with Crippen molar-refractivity contribution in [1.82, 2.24) is 9.97 Å². The number of ether oxygens (including phenoxy) is 1. The Morgan fingerprint density at radius 1 is 1.26 bits per heavy atom. The first-order valence-corrected chi connectivity index (χ1v) is 8.59. The number of benzene rings is 1. The van der Waals surface area contributed by atoms with Gasteiger partial charge in [0.2, 0.25) is 5.95 Å². The van der Waals surface area contributed by atoms with Gasteiger partial charge in [0, 0.05) is 30.9 Å². The third-order valence-electron chi connectivity index (χ3n) is 4.24. The molecule has 2 N–H and O–H groups in total. The number of hydrogen-bond donors (Lipinski definition) is 2. The van der Waals surface area contributed by atoms with Gasteiger partial charge in [-0.15, -0.1) is 13.2 Å². The van der Waals surface area contributed by atoms with Crippen LogP contribution < -0.4 is 15.0 Å². The largest absolute Gasteiger partial charge is 0.573 e. The number of halogens is 3. The summed E-state index contributed by atoms with van der Waals surface area (Å²) < 4.78 is 41.4. The lowest BCUT2D eigenvalue weighted by Gasteiger charge is -2.30. The normalized spacial score (nSPS) is 15.3. The van der Waals surface area contributed by atoms with E-state index in [0.29, 0.717) is 31.3 Å². The summed E-state index contributed by atoms with van der Waals surface area (Å²) in [7, 11) is 0. The number of aliphatic hydroxyl groups excluding tert-OH is 1. The molecule has 2 aromatic rings. The van der Waals surface area contributed by atoms with Gasteiger partial charge in [0.05, 0.1) is 6.61 Å². The topological polar surface area (TPSA) is 70.5 Å². The van der Waals surface area contributed by atoms with Crippen molar-refractivity contribution in [2.45, 2.75) is 39.2 Å². The zero-order chi connectivity index (χ0) is 19.6. The Hall–Kier alpha value is -2.55. The Labute approximate surface area is 155 Å². The van der Waals surface area contributed by atoms with Gasteiger partial charge >= 0.3 is 6.36 Å². The number of hydrogen-bond acceptors (Lipinski definition) is 6. The zero-order valence-corrected chi connectivity index (χ0v) is 15.0. The fourth-order valence-electron chi connectivity index (χ4n) is 2.97. The molecule has 3 rings (SSSR count). The van der Waals surface area contributed by atoms with Crippen molar-refractivity contribution in [1.29, 1.82) is 0 Å². The minimum atomic E-state index is -4.71. The van der Waals surface area contributed by atoms with Gasteiger partial charge in [0.15, 0.2) is 0 Å². The summed E-state index contributed by atoms with van der Waals surface area (Å²) in [6, 6.07) is 6.08. The summed E-state index contributed by atoms with van der Waals surface area (Å²) in [5.74, 6) is 0.871. The van der Waals surface area contributed by atoms with E-state index >= 15 is 0 Å². The SMILES string of the molecule is Cc1cc(N2CCc3ccc(OC(F)(F)F)cc3C2)nc(N[C@H](C)CO)n1. The highest BCUT2D eigenvalue weighted by Gasteiger charge is 2.31. The predicted molar refractivity (Wildman–Crippen MR) is 94.8 cm³/mol. The molecule has 0 unspecified atom stereocenters. The highest BCUT2D eigenvalue weighted by molar-refractivity contribution is 5.49. The summed E-state index contributed by atoms with van der Waals surface area (Å²) in [6.45, 7) is 4.72. The summed E-state index contributed by atoms with van der Waals surface area (Å²) in [5, 5.41) is 12.2. The van der Waals surface area contributed by atoms with Gasteiger partial charge in [-0.2, -0.15) is 4.98 Å². The number of anilines is 2. The molecule has 9 heteroatoms. The number of fused-ring (bicyclic) bond motifs is 1. The molecular formula is C18H21F3N4O2. The third-order valence-corrected chi connectivity index (χ3v) is 4.24. The van der Waals surface area contributed by atoms with Crippen molar-refractivity contribution in [3.63, 3.8) is 0 Å². The highest BCUT2D eigenvalue weighted by Crippen LogP contribution is 2.29. The van der Waals surface area contributed by atoms with E-state index in [2.05, 4.69) is 20.0 Å². The number of nitrogens with zero attached hydrogens (tertiary/aromatic N) is 3. The first kappa shape index (κ1) is 19.2. The average Bonchev–Trinajstić information content (AvgIpc) is 2.59. The van der Waals surface area contributed by atoms with E-state index in [1.54, 1.807) is 6.07 Å². The molecule has 0 amide bonds. The molecule has 0 fully saturated rings. The van der Waals surface area contributed by atoms with E-state index in [-0.39, 0.29) is 18.4 Å². The monoisotopic (exact) mass is 382 g/mol. The van der Waals surface area contributed by atoms with Gasteiger partial charge in [-0.3, -0.25) is 0 Å². The lowest BCUT2D eigenvalue weighted by atomic mass is 9.99. The fourth-order valence-corrected chi connectivity index (χ4v) is 2.97. The summed E-state index contributed by atoms with van der Waals surface area (Å²) in [6.07, 6.45) is -4.02. The second-order valence-electron chi connectivity index (χ2n) is 6.57. The van der Waals surface area contributed by atoms with Crippen LogP contribution in [-0.2, 0) is 13.0 Å². The third kappa shape index (κ3) is 5.00. The van der Waals surface area contributed by atoms with Gasteiger partial charge in [-0.25, -0.2) is 4.98 Å². The molecule has 1 aromatic heterocycles. The minimum absolute atomic E-state index is 0.0499. The van der Waals surface area contributed by atoms with E-state index in [1.807, 2.05) is 24.8 Å². The maximum absolute atomic E-state index is 12.5. The Bertz CT molecular complexity index is 814. The minimum Gasteiger partial charge on any atom is -0.406 e. The first-order valence-electron chi connectivity index (χ1n) is 8.59. The number of aliphatic hydroxyl groups is 1. The number of alkyl halides is 3. The Morgan fingerprint density at radius 2 is 2.04 bits per heavy atom. The van der Waals surface area contributed by atoms with E-state index in [4.69, 9.17) is 0 Å². The van der Waals surface area contributed by atoms with Crippen LogP contribution in [-0.4, -0.2) is 40.6 Å². The molecule has 0 saturated heterocycles. The standard InChI is InChI=1S/C18H21F3N4O2/c1-11-7-16(24-17(22-11)23-12(2)10-26)25-6-5-13-3-4-15(8-14(13)9-25)27-18(19,20)21/h3-4,7-8,12,26H,5-6,9-10H2,1-2H3,(H,22,23,24)/t12-/m1/s1. The van der Waals surface area contributed by atoms with E-state index < -0.39 is 6.36 Å². The van der Waals surface area contributed by atoms with Crippen LogP contribution in [0.1, 0.15) is 23.7 Å². The maximum atomic E-state index is 12.5. The molecule has 0 spiro atoms. The lowest BCUT2D eigenvalue weighted by molar-refractivity contribution is -0.274. The van der Waals surface area contributed by atoms with Gasteiger partial charge in [-0.05, 0) is 43.5 Å². The van der Waals surface area contributed by atoms with Gasteiger partial charge in [-0.1, -0.05) is 6.07 Å². The number of aromatic nitrogens is 2. The van der Waals surface area contributed by atoms with Crippen LogP contribution in [0.2, 0.25) is 0 Å². The average molecular weight is 382 g/mol. The van der Waals surface area contributed by atoms with Gasteiger partial charge < -0.3 is 20.1 Å². The lowest BCUT2D eigenvalue weighted by Crippen LogP contribution is -2.32. The molecule has 146 valence electrons. The number of rotatable bonds is 5. The molecule has 1 atom stereocenters. The van der Waals surface area contributed by atoms with Crippen molar-refractivity contribution in [2.75, 3.05) is 23.4 Å². The second kappa shape index (κ2) is 7.59. The van der Waals surface area contributed by atoms with Crippen LogP contribution in [0.4, 0.5) is 24.9 Å². The highest BCUT2D eigenvalue weighted by atomic mass is 19.4. The summed E-state index contributed by atoms with van der Waals surface area (Å²) >= 11 is 0. The molecule has 6 nitrogen and oxygen atoms in total. The quantitative estimate of drug-likeness (QED) is 0.828. The summed E-state index contributed by atoms with van der Waals surface area (Å²) in [5.41, 5.74) is 2.53. The molecule has 0 radical (unpaired) electrons. The van der Waals surface area contributed by atoms with Crippen molar-refractivity contribution in [2.24, 2.45) is 0 Å². The molecule has 0 bridgehead atoms. The second-order valence-corrected chi connectivity index (χ2v) is 6.57. The molecule has 0 saturated carbocycles. The van der Waals surface area contributed by atoms with Crippen LogP contribution in [0.25, 0.3) is 0 Å². The Kier molecular flexibility index (Phi) is 5.41. The van der Waals surface area contributed by atoms with Crippen molar-refractivity contribution < 1.29 is 23.0 Å². The van der Waals surface area contributed by atoms with Crippen LogP contribution in [0, 0.1) is 6.92 Å². The first-order chi connectivity index (χ1) is 12.7. The molecule has 1 aliphatic heterocycles. The predicted octanol–water partition coefficient (Wildman–Crippen LogP) is 3.04. The van der Waals surface area contributed by atoms with E-state index in [0.717, 1.165) is 16.8 Å². The Morgan fingerprint density at radius 3 is 2.74 bits per heavy atom. The van der Waals surface area contributed by atoms with E-state index in [1.165, 1.54) is 12.1 Å². The van der Waals surface area contributed by atoms with Gasteiger partial charge in [0.1, 0.15) is 11.6 Å². The molecule has 2 heterocycles. The molecule has 0 aliphatic carbocycles. The zero-order valence-electron chi connectivity index (χ0n) is 15.0. The van der Waals surface area contributed by atoms with Crippen molar-refractivity contribution in [3.8, 4) is 5.75 Å². The fraction of sp³-hybridized carbons (Fsp3) is 0.444. The van der Waals surface area contributed by atoms with Crippen LogP contribution >= 0.6 is 0 Å². The van der Waals surface area contributed by atoms with E-state index in [9.17, 15) is 18.3 Å². The van der Waals surface area contributed by atoms with Crippen molar-refractivity contribution in [3.05, 3.63) is 41.1 Å². The van der Waals surface area contributed by atoms with Crippen LogP contribution in [0.15, 0.2) is 24.3 Å². The molecule has 27 heavy (non-hydrogen) atoms. The van der Waals surface area contributed by atoms with Gasteiger partial charge in [0.25, 0.3) is 0 Å². The number of aryl methyl sites for hydroxylation is 1. The van der Waals surface area contributed by atoms with Crippen LogP contribution in [0.5, 0.6) is 5.75 Å². The molecule has 1 aromatic carbocycles. The Balaban J connectivity index is 1.81.